The van der Waals surface area contributed by atoms with Gasteiger partial charge in [-0.25, -0.2) is 0 Å². The normalized spacial score (nSPS) is 20.4. The molecule has 0 aliphatic carbocycles. The Morgan fingerprint density at radius 3 is 2.81 bits per heavy atom. The first-order valence-electron chi connectivity index (χ1n) is 8.77. The van der Waals surface area contributed by atoms with Gasteiger partial charge in [0, 0.05) is 12.1 Å². The zero-order valence-electron chi connectivity index (χ0n) is 14.8. The van der Waals surface area contributed by atoms with Gasteiger partial charge in [-0.3, -0.25) is 9.59 Å². The van der Waals surface area contributed by atoms with Crippen LogP contribution in [0.4, 0.5) is 5.69 Å². The van der Waals surface area contributed by atoms with Crippen molar-refractivity contribution < 1.29 is 24.2 Å². The lowest BCUT2D eigenvalue weighted by Crippen LogP contribution is -2.41. The molecule has 0 radical (unpaired) electrons. The number of amides is 1. The fourth-order valence-electron chi connectivity index (χ4n) is 3.51. The maximum absolute atomic E-state index is 12.7. The van der Waals surface area contributed by atoms with Gasteiger partial charge in [-0.15, -0.1) is 0 Å². The number of ketones is 1. The monoisotopic (exact) mass is 365 g/mol. The van der Waals surface area contributed by atoms with Gasteiger partial charge in [-0.1, -0.05) is 30.3 Å². The highest BCUT2D eigenvalue weighted by Crippen LogP contribution is 2.42. The predicted molar refractivity (Wildman–Crippen MR) is 99.6 cm³/mol. The van der Waals surface area contributed by atoms with Crippen LogP contribution in [0.3, 0.4) is 0 Å². The molecule has 2 aliphatic heterocycles. The molecule has 6 nitrogen and oxygen atoms in total. The molecule has 1 atom stereocenters. The van der Waals surface area contributed by atoms with Crippen molar-refractivity contribution in [3.8, 4) is 11.5 Å². The second-order valence-electron chi connectivity index (χ2n) is 6.52. The largest absolute Gasteiger partial charge is 0.454 e. The number of hydrogen-bond acceptors (Lipinski definition) is 5. The number of likely N-dealkylation sites (N-methyl/N-ethyl adjacent to an activating group) is 1. The Kier molecular flexibility index (Phi) is 4.20. The van der Waals surface area contributed by atoms with Crippen molar-refractivity contribution in [1.82, 2.24) is 0 Å². The summed E-state index contributed by atoms with van der Waals surface area (Å²) in [5.41, 5.74) is 0.0674. The van der Waals surface area contributed by atoms with E-state index in [4.69, 9.17) is 9.47 Å². The lowest BCUT2D eigenvalue weighted by Gasteiger charge is -2.21. The van der Waals surface area contributed by atoms with E-state index in [1.165, 1.54) is 11.0 Å². The van der Waals surface area contributed by atoms with Crippen LogP contribution >= 0.6 is 0 Å². The molecule has 2 aromatic rings. The van der Waals surface area contributed by atoms with E-state index < -0.39 is 11.5 Å². The predicted octanol–water partition coefficient (Wildman–Crippen LogP) is 2.64. The van der Waals surface area contributed by atoms with E-state index in [2.05, 4.69) is 0 Å². The van der Waals surface area contributed by atoms with Gasteiger partial charge in [0.25, 0.3) is 5.91 Å². The number of ether oxygens (including phenoxy) is 2. The Bertz CT molecular complexity index is 951. The first kappa shape index (κ1) is 17.3. The molecule has 0 unspecified atom stereocenters. The Hall–Kier alpha value is -3.12. The summed E-state index contributed by atoms with van der Waals surface area (Å²) in [6.45, 7) is 2.45. The molecule has 0 fully saturated rings. The molecule has 2 aliphatic rings. The molecule has 1 N–H and O–H groups in total. The van der Waals surface area contributed by atoms with E-state index in [1.807, 2.05) is 13.0 Å². The molecule has 2 aromatic carbocycles. The smallest absolute Gasteiger partial charge is 0.264 e. The zero-order chi connectivity index (χ0) is 19.0. The van der Waals surface area contributed by atoms with E-state index >= 15 is 0 Å². The third kappa shape index (κ3) is 2.88. The summed E-state index contributed by atoms with van der Waals surface area (Å²) in [5.74, 6) is 0.495. The molecule has 138 valence electrons. The van der Waals surface area contributed by atoms with Crippen LogP contribution in [0, 0.1) is 0 Å². The molecule has 0 aromatic heterocycles. The van der Waals surface area contributed by atoms with Crippen LogP contribution < -0.4 is 14.4 Å². The quantitative estimate of drug-likeness (QED) is 0.825. The van der Waals surface area contributed by atoms with Gasteiger partial charge in [0.2, 0.25) is 6.79 Å². The fourth-order valence-corrected chi connectivity index (χ4v) is 3.51. The number of nitrogens with zero attached hydrogens (tertiary/aromatic N) is 1. The van der Waals surface area contributed by atoms with Gasteiger partial charge in [0.05, 0.1) is 12.1 Å². The molecule has 0 saturated carbocycles. The molecule has 1 amide bonds. The number of allylic oxidation sites excluding steroid dienone is 1. The van der Waals surface area contributed by atoms with Crippen LogP contribution in [0.2, 0.25) is 0 Å². The van der Waals surface area contributed by atoms with Crippen molar-refractivity contribution in [3.05, 3.63) is 59.7 Å². The molecule has 0 spiro atoms. The maximum Gasteiger partial charge on any atom is 0.264 e. The van der Waals surface area contributed by atoms with Crippen LogP contribution in [0.5, 0.6) is 11.5 Å². The molecule has 2 heterocycles. The first-order chi connectivity index (χ1) is 13.0. The lowest BCUT2D eigenvalue weighted by atomic mass is 9.89. The number of carbonyl (C=O) groups is 2. The van der Waals surface area contributed by atoms with Gasteiger partial charge in [-0.05, 0) is 36.8 Å². The van der Waals surface area contributed by atoms with Crippen LogP contribution in [0.25, 0.3) is 6.08 Å². The summed E-state index contributed by atoms with van der Waals surface area (Å²) in [6.07, 6.45) is 2.71. The maximum atomic E-state index is 12.7. The van der Waals surface area contributed by atoms with E-state index in [0.717, 1.165) is 5.56 Å². The number of anilines is 1. The Labute approximate surface area is 156 Å². The van der Waals surface area contributed by atoms with Gasteiger partial charge >= 0.3 is 0 Å². The fraction of sp³-hybridized carbons (Fsp3) is 0.238. The lowest BCUT2D eigenvalue weighted by molar-refractivity contribution is -0.140. The third-order valence-corrected chi connectivity index (χ3v) is 4.84. The van der Waals surface area contributed by atoms with Crippen LogP contribution in [-0.2, 0) is 15.2 Å². The second-order valence-corrected chi connectivity index (χ2v) is 6.52. The highest BCUT2D eigenvalue weighted by Gasteiger charge is 2.49. The standard InChI is InChI=1S/C21H19NO5/c1-2-22-17-6-4-3-5-16(17)21(25,20(22)24)12-15(23)9-7-14-8-10-18-19(11-14)27-13-26-18/h3-11,25H,2,12-13H2,1H3/b9-7-/t21-/m1/s1. The van der Waals surface area contributed by atoms with Crippen molar-refractivity contribution in [2.24, 2.45) is 0 Å². The highest BCUT2D eigenvalue weighted by molar-refractivity contribution is 6.10. The topological polar surface area (TPSA) is 76.1 Å². The van der Waals surface area contributed by atoms with Crippen molar-refractivity contribution in [1.29, 1.82) is 0 Å². The molecule has 6 heteroatoms. The number of aliphatic hydroxyl groups is 1. The average Bonchev–Trinajstić information content (AvgIpc) is 3.22. The minimum Gasteiger partial charge on any atom is -0.454 e. The SMILES string of the molecule is CCN1C(=O)[C@@](O)(CC(=O)/C=C\c2ccc3c(c2)OCO3)c2ccccc21. The van der Waals surface area contributed by atoms with Gasteiger partial charge in [0.15, 0.2) is 22.9 Å². The van der Waals surface area contributed by atoms with Crippen molar-refractivity contribution in [3.63, 3.8) is 0 Å². The summed E-state index contributed by atoms with van der Waals surface area (Å²) >= 11 is 0. The van der Waals surface area contributed by atoms with Crippen LogP contribution in [-0.4, -0.2) is 30.1 Å². The van der Waals surface area contributed by atoms with Crippen LogP contribution in [0.15, 0.2) is 48.5 Å². The minimum absolute atomic E-state index is 0.184. The first-order valence-corrected chi connectivity index (χ1v) is 8.77. The summed E-state index contributed by atoms with van der Waals surface area (Å²) in [7, 11) is 0. The van der Waals surface area contributed by atoms with Crippen molar-refractivity contribution in [2.75, 3.05) is 18.2 Å². The number of para-hydroxylation sites is 1. The molecule has 0 bridgehead atoms. The number of fused-ring (bicyclic) bond motifs is 2. The second kappa shape index (κ2) is 6.55. The minimum atomic E-state index is -1.83. The molecule has 27 heavy (non-hydrogen) atoms. The van der Waals surface area contributed by atoms with Gasteiger partial charge in [-0.2, -0.15) is 0 Å². The average molecular weight is 365 g/mol. The van der Waals surface area contributed by atoms with E-state index in [0.29, 0.717) is 29.3 Å². The number of hydrogen-bond donors (Lipinski definition) is 1. The summed E-state index contributed by atoms with van der Waals surface area (Å²) in [5, 5.41) is 11.0. The Balaban J connectivity index is 1.55. The Morgan fingerprint density at radius 2 is 2.00 bits per heavy atom. The number of carbonyl (C=O) groups excluding carboxylic acids is 2. The molecular formula is C21H19NO5. The zero-order valence-corrected chi connectivity index (χ0v) is 14.8. The van der Waals surface area contributed by atoms with Gasteiger partial charge < -0.3 is 19.5 Å². The molecular weight excluding hydrogens is 346 g/mol. The third-order valence-electron chi connectivity index (χ3n) is 4.84. The van der Waals surface area contributed by atoms with E-state index in [-0.39, 0.29) is 19.0 Å². The van der Waals surface area contributed by atoms with Crippen molar-refractivity contribution >= 4 is 23.5 Å². The number of benzene rings is 2. The van der Waals surface area contributed by atoms with Crippen molar-refractivity contribution in [2.45, 2.75) is 18.9 Å². The Morgan fingerprint density at radius 1 is 1.22 bits per heavy atom. The highest BCUT2D eigenvalue weighted by atomic mass is 16.7. The summed E-state index contributed by atoms with van der Waals surface area (Å²) < 4.78 is 10.6. The van der Waals surface area contributed by atoms with E-state index in [1.54, 1.807) is 42.5 Å². The van der Waals surface area contributed by atoms with Gasteiger partial charge in [0.1, 0.15) is 0 Å². The molecule has 0 saturated heterocycles. The summed E-state index contributed by atoms with van der Waals surface area (Å²) in [4.78, 5) is 26.7. The summed E-state index contributed by atoms with van der Waals surface area (Å²) in [6, 6.07) is 12.4. The molecule has 4 rings (SSSR count). The van der Waals surface area contributed by atoms with E-state index in [9.17, 15) is 14.7 Å². The number of rotatable bonds is 5. The van der Waals surface area contributed by atoms with Crippen LogP contribution in [0.1, 0.15) is 24.5 Å².